The normalized spacial score (nSPS) is 12.4. The molecule has 1 N–H and O–H groups in total. The van der Waals surface area contributed by atoms with Crippen molar-refractivity contribution in [3.63, 3.8) is 0 Å². The number of hydrogen-bond donors (Lipinski definition) is 1. The molecule has 1 unspecified atom stereocenters. The molecule has 0 fully saturated rings. The van der Waals surface area contributed by atoms with Crippen molar-refractivity contribution in [2.45, 2.75) is 26.3 Å². The van der Waals surface area contributed by atoms with Crippen molar-refractivity contribution in [2.75, 3.05) is 6.54 Å². The van der Waals surface area contributed by atoms with Gasteiger partial charge in [-0.25, -0.2) is 4.39 Å². The second-order valence-electron chi connectivity index (χ2n) is 5.06. The van der Waals surface area contributed by atoms with Gasteiger partial charge in [0.25, 0.3) is 0 Å². The molecule has 0 amide bonds. The lowest BCUT2D eigenvalue weighted by atomic mass is 9.94. The Morgan fingerprint density at radius 2 is 2.00 bits per heavy atom. The Kier molecular flexibility index (Phi) is 6.02. The summed E-state index contributed by atoms with van der Waals surface area (Å²) in [6.45, 7) is 4.98. The molecule has 1 atom stereocenters. The van der Waals surface area contributed by atoms with Crippen molar-refractivity contribution in [3.05, 3.63) is 67.5 Å². The van der Waals surface area contributed by atoms with E-state index in [9.17, 15) is 4.39 Å². The van der Waals surface area contributed by atoms with E-state index in [-0.39, 0.29) is 11.9 Å². The smallest absolute Gasteiger partial charge is 0.123 e. The largest absolute Gasteiger partial charge is 0.306 e. The van der Waals surface area contributed by atoms with Crippen LogP contribution in [0.15, 0.2) is 36.4 Å². The van der Waals surface area contributed by atoms with Crippen LogP contribution < -0.4 is 5.32 Å². The fourth-order valence-electron chi connectivity index (χ4n) is 2.31. The lowest BCUT2D eigenvalue weighted by molar-refractivity contribution is 0.583. The lowest BCUT2D eigenvalue weighted by Gasteiger charge is -2.22. The van der Waals surface area contributed by atoms with Crippen LogP contribution in [0.5, 0.6) is 0 Å². The third-order valence-corrected chi connectivity index (χ3v) is 5.00. The highest BCUT2D eigenvalue weighted by molar-refractivity contribution is 14.1. The van der Waals surface area contributed by atoms with Gasteiger partial charge in [-0.2, -0.15) is 0 Å². The van der Waals surface area contributed by atoms with Crippen molar-refractivity contribution >= 4 is 34.2 Å². The van der Waals surface area contributed by atoms with Crippen molar-refractivity contribution < 1.29 is 4.39 Å². The van der Waals surface area contributed by atoms with Crippen LogP contribution in [-0.4, -0.2) is 6.54 Å². The molecule has 21 heavy (non-hydrogen) atoms. The van der Waals surface area contributed by atoms with Crippen LogP contribution in [0.2, 0.25) is 5.02 Å². The molecule has 0 spiro atoms. The minimum absolute atomic E-state index is 0.0462. The summed E-state index contributed by atoms with van der Waals surface area (Å²) in [5, 5.41) is 4.22. The van der Waals surface area contributed by atoms with E-state index in [0.717, 1.165) is 38.2 Å². The van der Waals surface area contributed by atoms with E-state index >= 15 is 0 Å². The minimum Gasteiger partial charge on any atom is -0.306 e. The van der Waals surface area contributed by atoms with E-state index < -0.39 is 0 Å². The van der Waals surface area contributed by atoms with Gasteiger partial charge in [-0.05, 0) is 83.4 Å². The highest BCUT2D eigenvalue weighted by atomic mass is 127. The molecule has 0 aliphatic rings. The first kappa shape index (κ1) is 16.7. The fraction of sp³-hybridized carbons (Fsp3) is 0.294. The SMILES string of the molecule is CCCNC(c1ccc(I)c(Cl)c1)c1cc(F)ccc1C. The molecule has 4 heteroatoms. The summed E-state index contributed by atoms with van der Waals surface area (Å²) in [6.07, 6.45) is 1.02. The molecule has 0 aromatic heterocycles. The Balaban J connectivity index is 2.46. The molecule has 0 bridgehead atoms. The maximum Gasteiger partial charge on any atom is 0.123 e. The molecule has 1 nitrogen and oxygen atoms in total. The first-order chi connectivity index (χ1) is 10.0. The first-order valence-corrected chi connectivity index (χ1v) is 8.43. The van der Waals surface area contributed by atoms with Crippen LogP contribution in [0.4, 0.5) is 4.39 Å². The predicted molar refractivity (Wildman–Crippen MR) is 95.4 cm³/mol. The quantitative estimate of drug-likeness (QED) is 0.635. The molecule has 0 heterocycles. The van der Waals surface area contributed by atoms with Gasteiger partial charge in [0.1, 0.15) is 5.82 Å². The van der Waals surface area contributed by atoms with Crippen molar-refractivity contribution in [3.8, 4) is 0 Å². The van der Waals surface area contributed by atoms with Gasteiger partial charge in [-0.15, -0.1) is 0 Å². The molecule has 2 rings (SSSR count). The predicted octanol–water partition coefficient (Wildman–Crippen LogP) is 5.48. The Labute approximate surface area is 144 Å². The average Bonchev–Trinajstić information content (AvgIpc) is 2.46. The van der Waals surface area contributed by atoms with Gasteiger partial charge < -0.3 is 5.32 Å². The zero-order chi connectivity index (χ0) is 15.4. The van der Waals surface area contributed by atoms with Gasteiger partial charge in [0.15, 0.2) is 0 Å². The summed E-state index contributed by atoms with van der Waals surface area (Å²) in [5.41, 5.74) is 3.09. The second kappa shape index (κ2) is 7.56. The number of nitrogens with one attached hydrogen (secondary N) is 1. The summed E-state index contributed by atoms with van der Waals surface area (Å²) in [4.78, 5) is 0. The van der Waals surface area contributed by atoms with Crippen LogP contribution >= 0.6 is 34.2 Å². The molecule has 0 aliphatic heterocycles. The molecular weight excluding hydrogens is 400 g/mol. The van der Waals surface area contributed by atoms with E-state index in [1.165, 1.54) is 6.07 Å². The molecular formula is C17H18ClFIN. The summed E-state index contributed by atoms with van der Waals surface area (Å²) in [6, 6.07) is 10.9. The Hall–Kier alpha value is -0.650. The molecule has 112 valence electrons. The maximum atomic E-state index is 13.6. The first-order valence-electron chi connectivity index (χ1n) is 6.97. The van der Waals surface area contributed by atoms with E-state index in [1.807, 2.05) is 31.2 Å². The Bertz CT molecular complexity index is 630. The topological polar surface area (TPSA) is 12.0 Å². The van der Waals surface area contributed by atoms with Gasteiger partial charge in [0.2, 0.25) is 0 Å². The molecule has 0 aliphatic carbocycles. The second-order valence-corrected chi connectivity index (χ2v) is 6.63. The van der Waals surface area contributed by atoms with Gasteiger partial charge in [-0.1, -0.05) is 30.7 Å². The standard InChI is InChI=1S/C17H18ClFIN/c1-3-8-21-17(12-5-7-16(20)15(18)9-12)14-10-13(19)6-4-11(14)2/h4-7,9-10,17,21H,3,8H2,1-2H3. The Morgan fingerprint density at radius 1 is 1.24 bits per heavy atom. The fourth-order valence-corrected chi connectivity index (χ4v) is 2.83. The number of hydrogen-bond acceptors (Lipinski definition) is 1. The number of halogens is 3. The molecule has 0 saturated heterocycles. The molecule has 0 radical (unpaired) electrons. The van der Waals surface area contributed by atoms with Gasteiger partial charge in [0, 0.05) is 3.57 Å². The monoisotopic (exact) mass is 417 g/mol. The average molecular weight is 418 g/mol. The summed E-state index contributed by atoms with van der Waals surface area (Å²) in [5.74, 6) is -0.212. The number of benzene rings is 2. The van der Waals surface area contributed by atoms with E-state index in [2.05, 4.69) is 34.8 Å². The summed E-state index contributed by atoms with van der Waals surface area (Å²) in [7, 11) is 0. The van der Waals surface area contributed by atoms with Crippen molar-refractivity contribution in [1.29, 1.82) is 0 Å². The highest BCUT2D eigenvalue weighted by Gasteiger charge is 2.17. The van der Waals surface area contributed by atoms with E-state index in [4.69, 9.17) is 11.6 Å². The lowest BCUT2D eigenvalue weighted by Crippen LogP contribution is -2.24. The Morgan fingerprint density at radius 3 is 2.67 bits per heavy atom. The van der Waals surface area contributed by atoms with Crippen molar-refractivity contribution in [2.24, 2.45) is 0 Å². The number of aryl methyl sites for hydroxylation is 1. The van der Waals surface area contributed by atoms with Crippen molar-refractivity contribution in [1.82, 2.24) is 5.32 Å². The number of rotatable bonds is 5. The minimum atomic E-state index is -0.212. The summed E-state index contributed by atoms with van der Waals surface area (Å²) < 4.78 is 14.7. The van der Waals surface area contributed by atoms with Crippen LogP contribution in [0.25, 0.3) is 0 Å². The molecule has 2 aromatic carbocycles. The zero-order valence-electron chi connectivity index (χ0n) is 12.1. The van der Waals surface area contributed by atoms with E-state index in [0.29, 0.717) is 0 Å². The summed E-state index contributed by atoms with van der Waals surface area (Å²) >= 11 is 8.45. The van der Waals surface area contributed by atoms with Crippen LogP contribution in [0.3, 0.4) is 0 Å². The van der Waals surface area contributed by atoms with E-state index in [1.54, 1.807) is 6.07 Å². The van der Waals surface area contributed by atoms with Gasteiger partial charge in [0.05, 0.1) is 11.1 Å². The zero-order valence-corrected chi connectivity index (χ0v) is 15.0. The van der Waals surface area contributed by atoms with Crippen LogP contribution in [0.1, 0.15) is 36.1 Å². The third kappa shape index (κ3) is 4.18. The maximum absolute atomic E-state index is 13.6. The van der Waals surface area contributed by atoms with Crippen LogP contribution in [0, 0.1) is 16.3 Å². The molecule has 0 saturated carbocycles. The van der Waals surface area contributed by atoms with Gasteiger partial charge >= 0.3 is 0 Å². The highest BCUT2D eigenvalue weighted by Crippen LogP contribution is 2.29. The van der Waals surface area contributed by atoms with Crippen LogP contribution in [-0.2, 0) is 0 Å². The molecule has 2 aromatic rings. The van der Waals surface area contributed by atoms with Gasteiger partial charge in [-0.3, -0.25) is 0 Å². The third-order valence-electron chi connectivity index (χ3n) is 3.43.